The number of hydrogen-bond donors (Lipinski definition) is 0. The van der Waals surface area contributed by atoms with E-state index in [4.69, 9.17) is 18.9 Å². The van der Waals surface area contributed by atoms with E-state index in [2.05, 4.69) is 0 Å². The summed E-state index contributed by atoms with van der Waals surface area (Å²) >= 11 is 0. The van der Waals surface area contributed by atoms with Crippen molar-refractivity contribution in [2.24, 2.45) is 0 Å². The molecule has 5 nitrogen and oxygen atoms in total. The Morgan fingerprint density at radius 2 is 1.48 bits per heavy atom. The molecular formula is C22H28O5. The number of methoxy groups -OCH3 is 1. The van der Waals surface area contributed by atoms with Crippen molar-refractivity contribution in [1.29, 1.82) is 0 Å². The third kappa shape index (κ3) is 8.82. The zero-order chi connectivity index (χ0) is 19.3. The van der Waals surface area contributed by atoms with Crippen molar-refractivity contribution < 1.29 is 23.7 Å². The molecule has 0 radical (unpaired) electrons. The van der Waals surface area contributed by atoms with Crippen molar-refractivity contribution >= 4 is 5.97 Å². The van der Waals surface area contributed by atoms with Crippen LogP contribution >= 0.6 is 0 Å². The summed E-state index contributed by atoms with van der Waals surface area (Å²) in [5.41, 5.74) is 2.16. The molecule has 2 aromatic carbocycles. The lowest BCUT2D eigenvalue weighted by molar-refractivity contribution is -0.146. The lowest BCUT2D eigenvalue weighted by Crippen LogP contribution is -2.25. The highest BCUT2D eigenvalue weighted by atomic mass is 16.7. The Morgan fingerprint density at radius 1 is 0.889 bits per heavy atom. The average Bonchev–Trinajstić information content (AvgIpc) is 2.71. The number of carbonyl (C=O) groups is 1. The highest BCUT2D eigenvalue weighted by molar-refractivity contribution is 5.69. The van der Waals surface area contributed by atoms with Gasteiger partial charge in [0.05, 0.1) is 39.0 Å². The van der Waals surface area contributed by atoms with Crippen LogP contribution in [-0.2, 0) is 37.0 Å². The fourth-order valence-electron chi connectivity index (χ4n) is 2.60. The van der Waals surface area contributed by atoms with Gasteiger partial charge in [-0.15, -0.1) is 0 Å². The van der Waals surface area contributed by atoms with E-state index in [-0.39, 0.29) is 31.4 Å². The van der Waals surface area contributed by atoms with E-state index in [1.807, 2.05) is 67.6 Å². The Bertz CT molecular complexity index is 644. The summed E-state index contributed by atoms with van der Waals surface area (Å²) in [5.74, 6) is -0.291. The molecule has 2 aromatic rings. The molecule has 2 atom stereocenters. The minimum Gasteiger partial charge on any atom is -0.469 e. The summed E-state index contributed by atoms with van der Waals surface area (Å²) in [6.07, 6.45) is 0.395. The van der Waals surface area contributed by atoms with Crippen LogP contribution in [0.4, 0.5) is 0 Å². The molecule has 0 saturated heterocycles. The van der Waals surface area contributed by atoms with Gasteiger partial charge in [-0.25, -0.2) is 0 Å². The Balaban J connectivity index is 1.73. The number of benzene rings is 2. The van der Waals surface area contributed by atoms with E-state index >= 15 is 0 Å². The van der Waals surface area contributed by atoms with Gasteiger partial charge in [-0.1, -0.05) is 60.7 Å². The first-order valence-electron chi connectivity index (χ1n) is 9.13. The van der Waals surface area contributed by atoms with Gasteiger partial charge in [-0.2, -0.15) is 0 Å². The van der Waals surface area contributed by atoms with Gasteiger partial charge in [0.15, 0.2) is 0 Å². The van der Waals surface area contributed by atoms with Crippen molar-refractivity contribution in [2.75, 3.05) is 13.9 Å². The summed E-state index contributed by atoms with van der Waals surface area (Å²) in [6, 6.07) is 19.8. The van der Waals surface area contributed by atoms with Crippen LogP contribution in [-0.4, -0.2) is 32.1 Å². The summed E-state index contributed by atoms with van der Waals surface area (Å²) < 4.78 is 22.0. The van der Waals surface area contributed by atoms with Crippen LogP contribution in [0.2, 0.25) is 0 Å². The minimum atomic E-state index is -0.291. The average molecular weight is 372 g/mol. The first-order chi connectivity index (χ1) is 13.2. The zero-order valence-corrected chi connectivity index (χ0v) is 16.0. The minimum absolute atomic E-state index is 0.105. The second-order valence-electron chi connectivity index (χ2n) is 6.36. The van der Waals surface area contributed by atoms with Gasteiger partial charge in [0, 0.05) is 6.42 Å². The number of carbonyl (C=O) groups excluding carboxylic acids is 1. The highest BCUT2D eigenvalue weighted by Crippen LogP contribution is 2.14. The van der Waals surface area contributed by atoms with Gasteiger partial charge in [0.25, 0.3) is 0 Å². The molecule has 0 heterocycles. The molecule has 0 aromatic heterocycles. The summed E-state index contributed by atoms with van der Waals surface area (Å²) in [4.78, 5) is 11.7. The van der Waals surface area contributed by atoms with E-state index in [0.717, 1.165) is 11.1 Å². The van der Waals surface area contributed by atoms with Crippen LogP contribution < -0.4 is 0 Å². The second-order valence-corrected chi connectivity index (χ2v) is 6.36. The van der Waals surface area contributed by atoms with Crippen molar-refractivity contribution in [3.63, 3.8) is 0 Å². The van der Waals surface area contributed by atoms with Crippen LogP contribution in [0.5, 0.6) is 0 Å². The SMILES string of the molecule is COC(=O)C[C@H](C[C@@H](C)OCOCc1ccccc1)OCc1ccccc1. The molecule has 5 heteroatoms. The van der Waals surface area contributed by atoms with Gasteiger partial charge in [-0.05, 0) is 18.1 Å². The lowest BCUT2D eigenvalue weighted by atomic mass is 10.1. The normalized spacial score (nSPS) is 13.1. The zero-order valence-electron chi connectivity index (χ0n) is 16.0. The Morgan fingerprint density at radius 3 is 2.07 bits per heavy atom. The monoisotopic (exact) mass is 372 g/mol. The molecule has 0 amide bonds. The quantitative estimate of drug-likeness (QED) is 0.319. The predicted octanol–water partition coefficient (Wildman–Crippen LogP) is 4.10. The number of ether oxygens (including phenoxy) is 4. The number of esters is 1. The van der Waals surface area contributed by atoms with Crippen LogP contribution in [0.1, 0.15) is 30.9 Å². The molecule has 0 aliphatic rings. The maximum atomic E-state index is 11.7. The molecule has 0 aliphatic carbocycles. The van der Waals surface area contributed by atoms with E-state index in [9.17, 15) is 4.79 Å². The van der Waals surface area contributed by atoms with Gasteiger partial charge in [-0.3, -0.25) is 4.79 Å². The van der Waals surface area contributed by atoms with E-state index < -0.39 is 0 Å². The van der Waals surface area contributed by atoms with Gasteiger partial charge < -0.3 is 18.9 Å². The molecule has 146 valence electrons. The maximum absolute atomic E-state index is 11.7. The van der Waals surface area contributed by atoms with Crippen LogP contribution in [0.3, 0.4) is 0 Å². The van der Waals surface area contributed by atoms with Crippen LogP contribution in [0.15, 0.2) is 60.7 Å². The van der Waals surface area contributed by atoms with Gasteiger partial charge in [0.2, 0.25) is 0 Å². The Labute approximate surface area is 161 Å². The molecule has 27 heavy (non-hydrogen) atoms. The molecule has 0 fully saturated rings. The maximum Gasteiger partial charge on any atom is 0.308 e. The van der Waals surface area contributed by atoms with Crippen molar-refractivity contribution in [3.8, 4) is 0 Å². The van der Waals surface area contributed by atoms with Crippen LogP contribution in [0, 0.1) is 0 Å². The summed E-state index contributed by atoms with van der Waals surface area (Å²) in [5, 5.41) is 0. The molecule has 0 bridgehead atoms. The van der Waals surface area contributed by atoms with Crippen LogP contribution in [0.25, 0.3) is 0 Å². The molecule has 2 rings (SSSR count). The topological polar surface area (TPSA) is 54.0 Å². The molecule has 0 aliphatic heterocycles. The van der Waals surface area contributed by atoms with E-state index in [1.54, 1.807) is 0 Å². The fourth-order valence-corrected chi connectivity index (χ4v) is 2.60. The molecule has 0 unspecified atom stereocenters. The summed E-state index contributed by atoms with van der Waals surface area (Å²) in [6.45, 7) is 3.09. The number of rotatable bonds is 12. The first-order valence-corrected chi connectivity index (χ1v) is 9.13. The largest absolute Gasteiger partial charge is 0.469 e. The number of hydrogen-bond acceptors (Lipinski definition) is 5. The van der Waals surface area contributed by atoms with Gasteiger partial charge >= 0.3 is 5.97 Å². The lowest BCUT2D eigenvalue weighted by Gasteiger charge is -2.21. The van der Waals surface area contributed by atoms with Crippen molar-refractivity contribution in [2.45, 2.75) is 45.2 Å². The first kappa shape index (κ1) is 21.1. The fraction of sp³-hybridized carbons (Fsp3) is 0.409. The Kier molecular flexibility index (Phi) is 9.55. The van der Waals surface area contributed by atoms with Crippen molar-refractivity contribution in [1.82, 2.24) is 0 Å². The molecule has 0 N–H and O–H groups in total. The third-order valence-electron chi connectivity index (χ3n) is 4.09. The predicted molar refractivity (Wildman–Crippen MR) is 103 cm³/mol. The van der Waals surface area contributed by atoms with Gasteiger partial charge in [0.1, 0.15) is 6.79 Å². The summed E-state index contributed by atoms with van der Waals surface area (Å²) in [7, 11) is 1.38. The molecular weight excluding hydrogens is 344 g/mol. The Hall–Kier alpha value is -2.21. The van der Waals surface area contributed by atoms with Crippen molar-refractivity contribution in [3.05, 3.63) is 71.8 Å². The van der Waals surface area contributed by atoms with E-state index in [1.165, 1.54) is 7.11 Å². The molecule has 0 spiro atoms. The molecule has 0 saturated carbocycles. The van der Waals surface area contributed by atoms with E-state index in [0.29, 0.717) is 19.6 Å². The standard InChI is InChI=1S/C22H28O5/c1-18(27-17-25-15-19-9-5-3-6-10-19)13-21(14-22(23)24-2)26-16-20-11-7-4-8-12-20/h3-12,18,21H,13-17H2,1-2H3/t18-,21+/m1/s1. The smallest absolute Gasteiger partial charge is 0.308 e. The third-order valence-corrected chi connectivity index (χ3v) is 4.09. The highest BCUT2D eigenvalue weighted by Gasteiger charge is 2.19. The second kappa shape index (κ2) is 12.2.